The Morgan fingerprint density at radius 2 is 2.07 bits per heavy atom. The van der Waals surface area contributed by atoms with E-state index in [9.17, 15) is 9.59 Å². The summed E-state index contributed by atoms with van der Waals surface area (Å²) in [6.07, 6.45) is 7.48. The number of aromatic nitrogens is 2. The highest BCUT2D eigenvalue weighted by atomic mass is 16.2. The molecule has 7 heteroatoms. The summed E-state index contributed by atoms with van der Waals surface area (Å²) in [6.45, 7) is 4.09. The molecular formula is C21H29N5O2. The van der Waals surface area contributed by atoms with Crippen LogP contribution in [0.25, 0.3) is 5.69 Å². The molecule has 0 spiro atoms. The summed E-state index contributed by atoms with van der Waals surface area (Å²) < 4.78 is 1.86. The van der Waals surface area contributed by atoms with Crippen molar-refractivity contribution >= 4 is 11.8 Å². The Bertz CT molecular complexity index is 799. The van der Waals surface area contributed by atoms with Gasteiger partial charge in [-0.05, 0) is 30.5 Å². The van der Waals surface area contributed by atoms with Crippen molar-refractivity contribution in [1.29, 1.82) is 0 Å². The maximum atomic E-state index is 12.2. The van der Waals surface area contributed by atoms with Gasteiger partial charge in [-0.2, -0.15) is 5.10 Å². The molecule has 28 heavy (non-hydrogen) atoms. The van der Waals surface area contributed by atoms with Crippen LogP contribution in [0.2, 0.25) is 0 Å². The molecule has 150 valence electrons. The number of aryl methyl sites for hydroxylation is 1. The average Bonchev–Trinajstić information content (AvgIpc) is 3.17. The number of nitrogens with one attached hydrogen (secondary N) is 2. The summed E-state index contributed by atoms with van der Waals surface area (Å²) in [5, 5.41) is 9.92. The largest absolute Gasteiger partial charge is 0.359 e. The smallest absolute Gasteiger partial charge is 0.237 e. The second kappa shape index (κ2) is 9.50. The third-order valence-electron chi connectivity index (χ3n) is 5.14. The Morgan fingerprint density at radius 1 is 1.29 bits per heavy atom. The standard InChI is InChI=1S/C21H29N5O2/c1-3-4-5-16-6-8-18(9-7-16)26-15-17(13-24-26)14-25-11-10-23-21(28)19(25)12-20(27)22-2/h6-9,13,15,19H,3-5,10-12,14H2,1-2H3,(H,22,27)(H,23,28). The van der Waals surface area contributed by atoms with Crippen molar-refractivity contribution in [3.8, 4) is 5.69 Å². The Balaban J connectivity index is 1.67. The van der Waals surface area contributed by atoms with Crippen LogP contribution in [0.5, 0.6) is 0 Å². The predicted molar refractivity (Wildman–Crippen MR) is 108 cm³/mol. The fourth-order valence-corrected chi connectivity index (χ4v) is 3.46. The van der Waals surface area contributed by atoms with Gasteiger partial charge in [0.1, 0.15) is 0 Å². The summed E-state index contributed by atoms with van der Waals surface area (Å²) >= 11 is 0. The van der Waals surface area contributed by atoms with Crippen molar-refractivity contribution in [2.24, 2.45) is 0 Å². The van der Waals surface area contributed by atoms with E-state index in [1.165, 1.54) is 18.4 Å². The molecule has 3 rings (SSSR count). The first-order chi connectivity index (χ1) is 13.6. The number of unbranched alkanes of at least 4 members (excludes halogenated alkanes) is 1. The first-order valence-corrected chi connectivity index (χ1v) is 9.96. The minimum atomic E-state index is -0.449. The topological polar surface area (TPSA) is 79.3 Å². The van der Waals surface area contributed by atoms with Crippen molar-refractivity contribution in [2.45, 2.75) is 45.2 Å². The third kappa shape index (κ3) is 4.98. The van der Waals surface area contributed by atoms with Gasteiger partial charge in [-0.15, -0.1) is 0 Å². The molecule has 2 aromatic rings. The molecule has 1 atom stereocenters. The maximum Gasteiger partial charge on any atom is 0.237 e. The van der Waals surface area contributed by atoms with Crippen LogP contribution >= 0.6 is 0 Å². The van der Waals surface area contributed by atoms with Gasteiger partial charge in [0.05, 0.1) is 24.3 Å². The zero-order valence-corrected chi connectivity index (χ0v) is 16.6. The van der Waals surface area contributed by atoms with Crippen molar-refractivity contribution < 1.29 is 9.59 Å². The van der Waals surface area contributed by atoms with Gasteiger partial charge >= 0.3 is 0 Å². The first-order valence-electron chi connectivity index (χ1n) is 9.96. The molecule has 2 N–H and O–H groups in total. The fourth-order valence-electron chi connectivity index (χ4n) is 3.46. The molecule has 0 bridgehead atoms. The van der Waals surface area contributed by atoms with E-state index in [0.717, 1.165) is 17.7 Å². The van der Waals surface area contributed by atoms with Crippen molar-refractivity contribution in [1.82, 2.24) is 25.3 Å². The summed E-state index contributed by atoms with van der Waals surface area (Å²) in [7, 11) is 1.59. The minimum absolute atomic E-state index is 0.0927. The highest BCUT2D eigenvalue weighted by Gasteiger charge is 2.31. The van der Waals surface area contributed by atoms with E-state index < -0.39 is 6.04 Å². The molecule has 7 nitrogen and oxygen atoms in total. The molecule has 1 aliphatic rings. The Hall–Kier alpha value is -2.67. The lowest BCUT2D eigenvalue weighted by molar-refractivity contribution is -0.134. The van der Waals surface area contributed by atoms with Crippen LogP contribution < -0.4 is 10.6 Å². The predicted octanol–water partition coefficient (Wildman–Crippen LogP) is 1.65. The lowest BCUT2D eigenvalue weighted by atomic mass is 10.1. The monoisotopic (exact) mass is 383 g/mol. The summed E-state index contributed by atoms with van der Waals surface area (Å²) in [6, 6.07) is 8.03. The number of hydrogen-bond donors (Lipinski definition) is 2. The zero-order valence-electron chi connectivity index (χ0n) is 16.6. The van der Waals surface area contributed by atoms with Gasteiger partial charge in [0.25, 0.3) is 0 Å². The Labute approximate surface area is 166 Å². The van der Waals surface area contributed by atoms with Crippen LogP contribution in [0.4, 0.5) is 0 Å². The molecule has 2 heterocycles. The molecule has 0 radical (unpaired) electrons. The van der Waals surface area contributed by atoms with E-state index in [0.29, 0.717) is 19.6 Å². The normalized spacial score (nSPS) is 17.4. The minimum Gasteiger partial charge on any atom is -0.359 e. The first kappa shape index (κ1) is 20.1. The number of rotatable bonds is 8. The van der Waals surface area contributed by atoms with E-state index in [4.69, 9.17) is 0 Å². The molecule has 1 unspecified atom stereocenters. The van der Waals surface area contributed by atoms with Crippen LogP contribution in [-0.4, -0.2) is 52.7 Å². The van der Waals surface area contributed by atoms with E-state index in [-0.39, 0.29) is 18.2 Å². The second-order valence-electron chi connectivity index (χ2n) is 7.22. The zero-order chi connectivity index (χ0) is 19.9. The van der Waals surface area contributed by atoms with Gasteiger partial charge < -0.3 is 10.6 Å². The maximum absolute atomic E-state index is 12.2. The van der Waals surface area contributed by atoms with Crippen molar-refractivity contribution in [3.63, 3.8) is 0 Å². The summed E-state index contributed by atoms with van der Waals surface area (Å²) in [5.41, 5.74) is 3.38. The van der Waals surface area contributed by atoms with Crippen LogP contribution in [0.15, 0.2) is 36.7 Å². The number of piperazine rings is 1. The quantitative estimate of drug-likeness (QED) is 0.727. The van der Waals surface area contributed by atoms with Gasteiger partial charge in [-0.1, -0.05) is 25.5 Å². The molecule has 0 aliphatic carbocycles. The number of hydrogen-bond acceptors (Lipinski definition) is 4. The van der Waals surface area contributed by atoms with E-state index in [1.54, 1.807) is 7.05 Å². The van der Waals surface area contributed by atoms with Gasteiger partial charge in [0.15, 0.2) is 0 Å². The number of carbonyl (C=O) groups excluding carboxylic acids is 2. The van der Waals surface area contributed by atoms with Gasteiger partial charge in [-0.3, -0.25) is 14.5 Å². The SMILES string of the molecule is CCCCc1ccc(-n2cc(CN3CCNC(=O)C3CC(=O)NC)cn2)cc1. The molecule has 1 aliphatic heterocycles. The molecule has 0 saturated carbocycles. The molecule has 1 aromatic heterocycles. The lowest BCUT2D eigenvalue weighted by Crippen LogP contribution is -2.55. The highest BCUT2D eigenvalue weighted by Crippen LogP contribution is 2.16. The Morgan fingerprint density at radius 3 is 2.79 bits per heavy atom. The van der Waals surface area contributed by atoms with E-state index in [1.807, 2.05) is 22.0 Å². The average molecular weight is 383 g/mol. The van der Waals surface area contributed by atoms with Crippen LogP contribution in [0, 0.1) is 0 Å². The third-order valence-corrected chi connectivity index (χ3v) is 5.14. The second-order valence-corrected chi connectivity index (χ2v) is 7.22. The number of amides is 2. The van der Waals surface area contributed by atoms with E-state index >= 15 is 0 Å². The van der Waals surface area contributed by atoms with Crippen LogP contribution in [0.1, 0.15) is 37.3 Å². The van der Waals surface area contributed by atoms with Crippen LogP contribution in [0.3, 0.4) is 0 Å². The number of nitrogens with zero attached hydrogens (tertiary/aromatic N) is 3. The summed E-state index contributed by atoms with van der Waals surface area (Å²) in [5.74, 6) is -0.226. The molecule has 1 saturated heterocycles. The fraction of sp³-hybridized carbons (Fsp3) is 0.476. The van der Waals surface area contributed by atoms with Gasteiger partial charge in [0, 0.05) is 38.4 Å². The highest BCUT2D eigenvalue weighted by molar-refractivity contribution is 5.88. The number of benzene rings is 1. The van der Waals surface area contributed by atoms with Gasteiger partial charge in [0.2, 0.25) is 11.8 Å². The van der Waals surface area contributed by atoms with Crippen molar-refractivity contribution in [3.05, 3.63) is 47.8 Å². The molecule has 1 fully saturated rings. The number of carbonyl (C=O) groups is 2. The lowest BCUT2D eigenvalue weighted by Gasteiger charge is -2.34. The van der Waals surface area contributed by atoms with Crippen LogP contribution in [-0.2, 0) is 22.6 Å². The Kier molecular flexibility index (Phi) is 6.81. The molecular weight excluding hydrogens is 354 g/mol. The van der Waals surface area contributed by atoms with E-state index in [2.05, 4.69) is 46.9 Å². The summed E-state index contributed by atoms with van der Waals surface area (Å²) in [4.78, 5) is 26.0. The van der Waals surface area contributed by atoms with Crippen molar-refractivity contribution in [2.75, 3.05) is 20.1 Å². The van der Waals surface area contributed by atoms with Gasteiger partial charge in [-0.25, -0.2) is 4.68 Å². The molecule has 2 amide bonds. The molecule has 1 aromatic carbocycles.